The maximum Gasteiger partial charge on any atom is 0.261 e. The van der Waals surface area contributed by atoms with Crippen molar-refractivity contribution in [3.8, 4) is 33.9 Å². The number of fused-ring (bicyclic) bond motifs is 2. The molecule has 0 amide bonds. The predicted octanol–water partition coefficient (Wildman–Crippen LogP) is 5.91. The van der Waals surface area contributed by atoms with E-state index in [1.165, 1.54) is 12.1 Å². The van der Waals surface area contributed by atoms with Crippen molar-refractivity contribution in [3.63, 3.8) is 0 Å². The number of rotatable bonds is 5. The Kier molecular flexibility index (Phi) is 5.63. The SMILES string of the molecule is Cc1cc(F)cc(-c2ccnc3nc(-c4n[nH]c5ccc(-c6cncc(CN7CCC(F)(F)C7)c6)nc45)[nH]c23)c1. The van der Waals surface area contributed by atoms with Gasteiger partial charge in [-0.2, -0.15) is 5.10 Å². The van der Waals surface area contributed by atoms with Gasteiger partial charge in [-0.15, -0.1) is 0 Å². The molecule has 0 saturated carbocycles. The van der Waals surface area contributed by atoms with Gasteiger partial charge in [0.15, 0.2) is 17.2 Å². The second-order valence-corrected chi connectivity index (χ2v) is 10.2. The summed E-state index contributed by atoms with van der Waals surface area (Å²) in [4.78, 5) is 23.3. The summed E-state index contributed by atoms with van der Waals surface area (Å²) < 4.78 is 41.4. The number of halogens is 3. The highest BCUT2D eigenvalue weighted by molar-refractivity contribution is 5.95. The molecule has 7 rings (SSSR count). The number of alkyl halides is 2. The fraction of sp³-hybridized carbons (Fsp3) is 0.207. The van der Waals surface area contributed by atoms with Gasteiger partial charge in [0.05, 0.1) is 23.3 Å². The first-order valence-electron chi connectivity index (χ1n) is 12.8. The van der Waals surface area contributed by atoms with Crippen molar-refractivity contribution in [3.05, 3.63) is 78.0 Å². The molecule has 5 aromatic heterocycles. The Balaban J connectivity index is 1.25. The predicted molar refractivity (Wildman–Crippen MR) is 145 cm³/mol. The smallest absolute Gasteiger partial charge is 0.261 e. The Labute approximate surface area is 226 Å². The molecule has 1 aliphatic heterocycles. The van der Waals surface area contributed by atoms with Crippen molar-refractivity contribution in [2.24, 2.45) is 0 Å². The maximum atomic E-state index is 14.2. The standard InChI is InChI=1S/C29H23F3N8/c1-16-8-18(11-20(30)9-16)21-4-6-34-27-24(21)36-28(37-27)26-25-23(38-39-26)3-2-22(35-25)19-10-17(12-33-13-19)14-40-7-5-29(31,32)15-40/h2-4,6,8-13H,5,7,14-15H2,1H3,(H,38,39)(H,34,36,37). The van der Waals surface area contributed by atoms with Crippen LogP contribution in [0, 0.1) is 12.7 Å². The van der Waals surface area contributed by atoms with Gasteiger partial charge in [-0.05, 0) is 60.0 Å². The van der Waals surface area contributed by atoms with Crippen molar-refractivity contribution in [1.82, 2.24) is 40.0 Å². The molecule has 0 aliphatic carbocycles. The van der Waals surface area contributed by atoms with E-state index in [9.17, 15) is 13.2 Å². The second-order valence-electron chi connectivity index (χ2n) is 10.2. The van der Waals surface area contributed by atoms with Gasteiger partial charge in [-0.1, -0.05) is 6.07 Å². The van der Waals surface area contributed by atoms with Crippen molar-refractivity contribution >= 4 is 22.2 Å². The number of hydrogen-bond donors (Lipinski definition) is 2. The summed E-state index contributed by atoms with van der Waals surface area (Å²) in [6.45, 7) is 2.35. The summed E-state index contributed by atoms with van der Waals surface area (Å²) in [5.41, 5.74) is 7.57. The Hall–Kier alpha value is -4.64. The number of nitrogens with one attached hydrogen (secondary N) is 2. The molecule has 0 spiro atoms. The summed E-state index contributed by atoms with van der Waals surface area (Å²) in [5, 5.41) is 7.47. The van der Waals surface area contributed by atoms with Gasteiger partial charge in [0.1, 0.15) is 11.3 Å². The normalized spacial score (nSPS) is 15.4. The van der Waals surface area contributed by atoms with Crippen LogP contribution in [0.5, 0.6) is 0 Å². The minimum atomic E-state index is -2.64. The monoisotopic (exact) mass is 540 g/mol. The van der Waals surface area contributed by atoms with Crippen LogP contribution in [-0.4, -0.2) is 59.0 Å². The lowest BCUT2D eigenvalue weighted by Gasteiger charge is -2.15. The number of hydrogen-bond acceptors (Lipinski definition) is 6. The molecule has 0 atom stereocenters. The number of benzene rings is 1. The van der Waals surface area contributed by atoms with Crippen molar-refractivity contribution in [2.45, 2.75) is 25.8 Å². The zero-order valence-corrected chi connectivity index (χ0v) is 21.4. The Morgan fingerprint density at radius 3 is 2.75 bits per heavy atom. The van der Waals surface area contributed by atoms with Gasteiger partial charge in [0.25, 0.3) is 5.92 Å². The first-order valence-corrected chi connectivity index (χ1v) is 12.8. The zero-order chi connectivity index (χ0) is 27.4. The van der Waals surface area contributed by atoms with Crippen molar-refractivity contribution in [1.29, 1.82) is 0 Å². The van der Waals surface area contributed by atoms with E-state index in [4.69, 9.17) is 4.98 Å². The van der Waals surface area contributed by atoms with Crippen molar-refractivity contribution < 1.29 is 13.2 Å². The van der Waals surface area contributed by atoms with Crippen LogP contribution < -0.4 is 0 Å². The lowest BCUT2D eigenvalue weighted by molar-refractivity contribution is 0.0115. The lowest BCUT2D eigenvalue weighted by atomic mass is 10.0. The number of imidazole rings is 1. The van der Waals surface area contributed by atoms with Crippen LogP contribution in [0.3, 0.4) is 0 Å². The maximum absolute atomic E-state index is 14.2. The molecule has 1 saturated heterocycles. The summed E-state index contributed by atoms with van der Waals surface area (Å²) >= 11 is 0. The number of nitrogens with zero attached hydrogens (tertiary/aromatic N) is 6. The molecule has 2 N–H and O–H groups in total. The third-order valence-electron chi connectivity index (χ3n) is 7.12. The quantitative estimate of drug-likeness (QED) is 0.282. The molecular formula is C29H23F3N8. The highest BCUT2D eigenvalue weighted by Gasteiger charge is 2.37. The van der Waals surface area contributed by atoms with E-state index < -0.39 is 5.92 Å². The average Bonchev–Trinajstić information content (AvgIpc) is 3.63. The number of aromatic nitrogens is 7. The van der Waals surface area contributed by atoms with Crippen LogP contribution in [-0.2, 0) is 6.54 Å². The molecular weight excluding hydrogens is 517 g/mol. The highest BCUT2D eigenvalue weighted by Crippen LogP contribution is 2.32. The van der Waals surface area contributed by atoms with Crippen molar-refractivity contribution in [2.75, 3.05) is 13.1 Å². The largest absolute Gasteiger partial charge is 0.335 e. The molecule has 0 unspecified atom stereocenters. The van der Waals surface area contributed by atoms with E-state index in [0.717, 1.165) is 33.3 Å². The Bertz CT molecular complexity index is 1870. The number of likely N-dealkylation sites (tertiary alicyclic amines) is 1. The van der Waals surface area contributed by atoms with E-state index in [2.05, 4.69) is 30.1 Å². The first kappa shape index (κ1) is 24.4. The fourth-order valence-electron chi connectivity index (χ4n) is 5.29. The van der Waals surface area contributed by atoms with E-state index in [-0.39, 0.29) is 18.8 Å². The summed E-state index contributed by atoms with van der Waals surface area (Å²) in [6.07, 6.45) is 4.92. The van der Waals surface area contributed by atoms with E-state index in [0.29, 0.717) is 47.0 Å². The second kappa shape index (κ2) is 9.23. The molecule has 0 radical (unpaired) electrons. The molecule has 1 fully saturated rings. The van der Waals surface area contributed by atoms with E-state index in [1.807, 2.05) is 37.3 Å². The van der Waals surface area contributed by atoms with Gasteiger partial charge < -0.3 is 4.98 Å². The van der Waals surface area contributed by atoms with E-state index in [1.54, 1.807) is 23.5 Å². The van der Waals surface area contributed by atoms with Gasteiger partial charge in [-0.25, -0.2) is 28.1 Å². The molecule has 40 heavy (non-hydrogen) atoms. The minimum absolute atomic E-state index is 0.123. The summed E-state index contributed by atoms with van der Waals surface area (Å²) in [6, 6.07) is 12.4. The van der Waals surface area contributed by atoms with Crippen LogP contribution in [0.25, 0.3) is 56.1 Å². The van der Waals surface area contributed by atoms with Gasteiger partial charge in [-0.3, -0.25) is 15.0 Å². The molecule has 0 bridgehead atoms. The Morgan fingerprint density at radius 1 is 1.02 bits per heavy atom. The van der Waals surface area contributed by atoms with Crippen LogP contribution in [0.4, 0.5) is 13.2 Å². The zero-order valence-electron chi connectivity index (χ0n) is 21.4. The molecule has 11 heteroatoms. The molecule has 8 nitrogen and oxygen atoms in total. The molecule has 1 aliphatic rings. The highest BCUT2D eigenvalue weighted by atomic mass is 19.3. The number of pyridine rings is 3. The van der Waals surface area contributed by atoms with Gasteiger partial charge in [0.2, 0.25) is 0 Å². The first-order chi connectivity index (χ1) is 19.3. The van der Waals surface area contributed by atoms with Gasteiger partial charge in [0, 0.05) is 49.2 Å². The van der Waals surface area contributed by atoms with Gasteiger partial charge >= 0.3 is 0 Å². The average molecular weight is 541 g/mol. The van der Waals surface area contributed by atoms with E-state index >= 15 is 0 Å². The Morgan fingerprint density at radius 2 is 1.93 bits per heavy atom. The molecule has 200 valence electrons. The number of aromatic amines is 2. The van der Waals surface area contributed by atoms with Crippen LogP contribution in [0.1, 0.15) is 17.5 Å². The molecule has 6 aromatic rings. The summed E-state index contributed by atoms with van der Waals surface area (Å²) in [5.74, 6) is -2.48. The number of H-pyrrole nitrogens is 2. The molecule has 1 aromatic carbocycles. The molecule has 6 heterocycles. The third-order valence-corrected chi connectivity index (χ3v) is 7.12. The van der Waals surface area contributed by atoms with Crippen LogP contribution in [0.15, 0.2) is 61.1 Å². The fourth-order valence-corrected chi connectivity index (χ4v) is 5.29. The lowest BCUT2D eigenvalue weighted by Crippen LogP contribution is -2.24. The summed E-state index contributed by atoms with van der Waals surface area (Å²) in [7, 11) is 0. The van der Waals surface area contributed by atoms with Crippen LogP contribution >= 0.6 is 0 Å². The van der Waals surface area contributed by atoms with Crippen LogP contribution in [0.2, 0.25) is 0 Å². The topological polar surface area (TPSA) is 99.3 Å². The minimum Gasteiger partial charge on any atom is -0.335 e. The third kappa shape index (κ3) is 4.47. The number of aryl methyl sites for hydroxylation is 1.